The van der Waals surface area contributed by atoms with E-state index >= 15 is 0 Å². The third-order valence-electron chi connectivity index (χ3n) is 6.93. The van der Waals surface area contributed by atoms with Gasteiger partial charge in [-0.25, -0.2) is 4.79 Å². The number of amides is 2. The highest BCUT2D eigenvalue weighted by Gasteiger charge is 2.32. The zero-order valence-electron chi connectivity index (χ0n) is 19.2. The molecule has 0 radical (unpaired) electrons. The number of pyridine rings is 1. The second kappa shape index (κ2) is 9.05. The number of carbonyl (C=O) groups is 2. The summed E-state index contributed by atoms with van der Waals surface area (Å²) >= 11 is 1.50. The van der Waals surface area contributed by atoms with Crippen LogP contribution in [-0.2, 0) is 16.1 Å². The lowest BCUT2D eigenvalue weighted by molar-refractivity contribution is -0.113. The Morgan fingerprint density at radius 3 is 2.91 bits per heavy atom. The van der Waals surface area contributed by atoms with Crippen LogP contribution in [-0.4, -0.2) is 48.1 Å². The zero-order valence-corrected chi connectivity index (χ0v) is 20.0. The number of ether oxygens (including phenoxy) is 1. The normalized spacial score (nSPS) is 20.7. The first-order chi connectivity index (χ1) is 17.1. The van der Waals surface area contributed by atoms with E-state index in [0.717, 1.165) is 53.1 Å². The molecule has 1 aromatic heterocycles. The van der Waals surface area contributed by atoms with Crippen molar-refractivity contribution in [3.05, 3.63) is 64.4 Å². The van der Waals surface area contributed by atoms with Gasteiger partial charge in [0.2, 0.25) is 5.91 Å². The molecular weight excluding hydrogens is 464 g/mol. The minimum absolute atomic E-state index is 0.0285. The number of para-hydroxylation sites is 1. The number of hydrogen-bond acceptors (Lipinski definition) is 6. The molecule has 2 amide bonds. The fourth-order valence-electron chi connectivity index (χ4n) is 5.24. The van der Waals surface area contributed by atoms with Gasteiger partial charge in [0.05, 0.1) is 23.5 Å². The summed E-state index contributed by atoms with van der Waals surface area (Å²) in [7, 11) is 0. The molecule has 8 nitrogen and oxygen atoms in total. The Labute approximate surface area is 206 Å². The fourth-order valence-corrected chi connectivity index (χ4v) is 6.03. The molecule has 2 N–H and O–H groups in total. The number of hydrogen-bond donors (Lipinski definition) is 2. The molecule has 35 heavy (non-hydrogen) atoms. The molecule has 1 saturated heterocycles. The second-order valence-corrected chi connectivity index (χ2v) is 10.3. The van der Waals surface area contributed by atoms with Crippen molar-refractivity contribution in [2.45, 2.75) is 36.3 Å². The summed E-state index contributed by atoms with van der Waals surface area (Å²) in [4.78, 5) is 39.1. The highest BCUT2D eigenvalue weighted by molar-refractivity contribution is 8.00. The first kappa shape index (κ1) is 22.2. The number of thioether (sulfide) groups is 1. The number of aromatic nitrogens is 1. The number of benzene rings is 2. The van der Waals surface area contributed by atoms with Crippen LogP contribution in [0, 0.1) is 0 Å². The molecule has 4 heterocycles. The maximum atomic E-state index is 12.5. The van der Waals surface area contributed by atoms with Gasteiger partial charge in [0.15, 0.2) is 0 Å². The Balaban J connectivity index is 1.00. The molecule has 2 atom stereocenters. The Bertz CT molecular complexity index is 1390. The number of rotatable bonds is 7. The van der Waals surface area contributed by atoms with E-state index in [4.69, 9.17) is 4.74 Å². The van der Waals surface area contributed by atoms with Gasteiger partial charge >= 0.3 is 6.09 Å². The molecule has 3 aliphatic rings. The number of nitrogens with one attached hydrogen (secondary N) is 2. The Morgan fingerprint density at radius 2 is 2.00 bits per heavy atom. The molecule has 0 saturated carbocycles. The summed E-state index contributed by atoms with van der Waals surface area (Å²) in [5.41, 5.74) is 3.83. The van der Waals surface area contributed by atoms with Crippen molar-refractivity contribution in [1.82, 2.24) is 9.88 Å². The first-order valence-electron chi connectivity index (χ1n) is 11.9. The van der Waals surface area contributed by atoms with E-state index in [-0.39, 0.29) is 29.6 Å². The van der Waals surface area contributed by atoms with Gasteiger partial charge in [-0.15, -0.1) is 11.8 Å². The van der Waals surface area contributed by atoms with Crippen LogP contribution < -0.4 is 21.1 Å². The molecule has 2 aromatic carbocycles. The van der Waals surface area contributed by atoms with Crippen molar-refractivity contribution < 1.29 is 14.3 Å². The van der Waals surface area contributed by atoms with Crippen LogP contribution in [0.15, 0.2) is 58.2 Å². The highest BCUT2D eigenvalue weighted by Crippen LogP contribution is 2.36. The van der Waals surface area contributed by atoms with Crippen LogP contribution in [0.2, 0.25) is 0 Å². The van der Waals surface area contributed by atoms with E-state index in [9.17, 15) is 14.4 Å². The predicted molar refractivity (Wildman–Crippen MR) is 136 cm³/mol. The summed E-state index contributed by atoms with van der Waals surface area (Å²) in [6.07, 6.45) is 1.14. The SMILES string of the molecule is O=C1CSc2ccc(N3C[C@@H](CCCNC[C@@H]4Cn5c(=O)ccc6cccc4c65)OC3=O)cc2N1. The maximum Gasteiger partial charge on any atom is 0.414 e. The number of cyclic esters (lactones) is 1. The lowest BCUT2D eigenvalue weighted by Gasteiger charge is -2.20. The molecular formula is C26H26N4O4S. The number of carbonyl (C=O) groups excluding carboxylic acids is 2. The van der Waals surface area contributed by atoms with E-state index in [1.807, 2.05) is 28.8 Å². The van der Waals surface area contributed by atoms with E-state index in [2.05, 4.69) is 28.8 Å². The van der Waals surface area contributed by atoms with Gasteiger partial charge in [0.25, 0.3) is 5.56 Å². The number of anilines is 2. The smallest absolute Gasteiger partial charge is 0.414 e. The van der Waals surface area contributed by atoms with Gasteiger partial charge in [-0.05, 0) is 54.6 Å². The first-order valence-corrected chi connectivity index (χ1v) is 12.9. The molecule has 9 heteroatoms. The Kier molecular flexibility index (Phi) is 5.74. The average Bonchev–Trinajstić information content (AvgIpc) is 3.42. The summed E-state index contributed by atoms with van der Waals surface area (Å²) in [6.45, 7) is 2.82. The van der Waals surface area contributed by atoms with Gasteiger partial charge in [-0.2, -0.15) is 0 Å². The van der Waals surface area contributed by atoms with Crippen LogP contribution in [0.3, 0.4) is 0 Å². The summed E-state index contributed by atoms with van der Waals surface area (Å²) < 4.78 is 7.48. The van der Waals surface area contributed by atoms with Gasteiger partial charge in [-0.3, -0.25) is 14.5 Å². The van der Waals surface area contributed by atoms with Gasteiger partial charge in [-0.1, -0.05) is 18.2 Å². The van der Waals surface area contributed by atoms with E-state index in [0.29, 0.717) is 18.8 Å². The monoisotopic (exact) mass is 490 g/mol. The molecule has 0 bridgehead atoms. The third-order valence-corrected chi connectivity index (χ3v) is 8.01. The molecule has 1 fully saturated rings. The molecule has 0 spiro atoms. The Morgan fingerprint density at radius 1 is 1.09 bits per heavy atom. The highest BCUT2D eigenvalue weighted by atomic mass is 32.2. The van der Waals surface area contributed by atoms with Crippen LogP contribution in [0.5, 0.6) is 0 Å². The van der Waals surface area contributed by atoms with E-state index < -0.39 is 0 Å². The van der Waals surface area contributed by atoms with Crippen molar-refractivity contribution in [3.63, 3.8) is 0 Å². The van der Waals surface area contributed by atoms with Crippen molar-refractivity contribution in [2.75, 3.05) is 35.6 Å². The molecule has 3 aliphatic heterocycles. The average molecular weight is 491 g/mol. The van der Waals surface area contributed by atoms with Crippen molar-refractivity contribution in [2.24, 2.45) is 0 Å². The lowest BCUT2D eigenvalue weighted by Crippen LogP contribution is -2.26. The van der Waals surface area contributed by atoms with Gasteiger partial charge < -0.3 is 19.9 Å². The van der Waals surface area contributed by atoms with Crippen molar-refractivity contribution in [3.8, 4) is 0 Å². The number of nitrogens with zero attached hydrogens (tertiary/aromatic N) is 2. The van der Waals surface area contributed by atoms with Crippen LogP contribution in [0.4, 0.5) is 16.2 Å². The van der Waals surface area contributed by atoms with Crippen LogP contribution in [0.1, 0.15) is 24.3 Å². The van der Waals surface area contributed by atoms with Crippen molar-refractivity contribution in [1.29, 1.82) is 0 Å². The predicted octanol–water partition coefficient (Wildman–Crippen LogP) is 3.54. The van der Waals surface area contributed by atoms with E-state index in [1.165, 1.54) is 17.3 Å². The van der Waals surface area contributed by atoms with Gasteiger partial charge in [0.1, 0.15) is 6.10 Å². The molecule has 3 aromatic rings. The second-order valence-electron chi connectivity index (χ2n) is 9.24. The minimum Gasteiger partial charge on any atom is -0.444 e. The molecule has 0 unspecified atom stereocenters. The topological polar surface area (TPSA) is 92.7 Å². The number of fused-ring (bicyclic) bond motifs is 1. The largest absolute Gasteiger partial charge is 0.444 e. The van der Waals surface area contributed by atoms with E-state index in [1.54, 1.807) is 11.0 Å². The summed E-state index contributed by atoms with van der Waals surface area (Å²) in [5.74, 6) is 0.659. The maximum absolute atomic E-state index is 12.5. The van der Waals surface area contributed by atoms with Crippen LogP contribution >= 0.6 is 11.8 Å². The molecule has 6 rings (SSSR count). The molecule has 180 valence electrons. The summed E-state index contributed by atoms with van der Waals surface area (Å²) in [5, 5.41) is 7.51. The molecule has 0 aliphatic carbocycles. The summed E-state index contributed by atoms with van der Waals surface area (Å²) in [6, 6.07) is 15.5. The standard InChI is InChI=1S/C26H26N4O4S/c31-23-15-35-22-8-7-18(11-21(22)28-23)29-14-19(34-26(29)33)4-2-10-27-12-17-13-30-24(32)9-6-16-3-1-5-20(17)25(16)30/h1,3,5-9,11,17,19,27H,2,4,10,12-15H2,(H,28,31)/t17-,19-/m1/s1. The fraction of sp³-hybridized carbons (Fsp3) is 0.346. The van der Waals surface area contributed by atoms with Crippen molar-refractivity contribution >= 4 is 46.0 Å². The lowest BCUT2D eigenvalue weighted by atomic mass is 10.00. The minimum atomic E-state index is -0.347. The zero-order chi connectivity index (χ0) is 23.9. The quantitative estimate of drug-likeness (QED) is 0.492. The third kappa shape index (κ3) is 4.19. The van der Waals surface area contributed by atoms with Gasteiger partial charge in [0, 0.05) is 35.7 Å². The van der Waals surface area contributed by atoms with Crippen LogP contribution in [0.25, 0.3) is 10.9 Å². The Hall–Kier alpha value is -3.30.